The van der Waals surface area contributed by atoms with Gasteiger partial charge in [0.05, 0.1) is 0 Å². The van der Waals surface area contributed by atoms with Gasteiger partial charge in [0.25, 0.3) is 0 Å². The molecular formula is C15H28N2O. The van der Waals surface area contributed by atoms with E-state index in [2.05, 4.69) is 31.0 Å². The normalized spacial score (nSPS) is 31.6. The summed E-state index contributed by atoms with van der Waals surface area (Å²) in [4.78, 5) is 14.8. The molecular weight excluding hydrogens is 224 g/mol. The lowest BCUT2D eigenvalue weighted by Crippen LogP contribution is -2.52. The maximum Gasteiger partial charge on any atom is 0.228 e. The van der Waals surface area contributed by atoms with Crippen molar-refractivity contribution in [3.8, 4) is 0 Å². The number of nitrogens with one attached hydrogen (secondary N) is 1. The van der Waals surface area contributed by atoms with Crippen LogP contribution in [0.1, 0.15) is 52.9 Å². The molecule has 1 saturated heterocycles. The maximum absolute atomic E-state index is 12.6. The Morgan fingerprint density at radius 2 is 2.06 bits per heavy atom. The van der Waals surface area contributed by atoms with E-state index < -0.39 is 0 Å². The fraction of sp³-hybridized carbons (Fsp3) is 0.933. The highest BCUT2D eigenvalue weighted by molar-refractivity contribution is 5.82. The molecule has 0 aromatic carbocycles. The van der Waals surface area contributed by atoms with Crippen LogP contribution in [0.3, 0.4) is 0 Å². The molecule has 1 aliphatic carbocycles. The molecule has 18 heavy (non-hydrogen) atoms. The van der Waals surface area contributed by atoms with Gasteiger partial charge in [-0.3, -0.25) is 4.79 Å². The van der Waals surface area contributed by atoms with Crippen molar-refractivity contribution in [1.29, 1.82) is 0 Å². The minimum absolute atomic E-state index is 0.0509. The van der Waals surface area contributed by atoms with Crippen LogP contribution in [0.4, 0.5) is 0 Å². The maximum atomic E-state index is 12.6. The van der Waals surface area contributed by atoms with Gasteiger partial charge in [-0.1, -0.05) is 33.6 Å². The van der Waals surface area contributed by atoms with Crippen LogP contribution in [0, 0.1) is 11.3 Å². The Balaban J connectivity index is 1.93. The Kier molecular flexibility index (Phi) is 4.31. The quantitative estimate of drug-likeness (QED) is 0.836. The van der Waals surface area contributed by atoms with Gasteiger partial charge in [0, 0.05) is 24.5 Å². The molecule has 1 N–H and O–H groups in total. The molecule has 0 spiro atoms. The Morgan fingerprint density at radius 3 is 2.61 bits per heavy atom. The molecule has 1 aliphatic heterocycles. The van der Waals surface area contributed by atoms with Crippen molar-refractivity contribution >= 4 is 5.91 Å². The highest BCUT2D eigenvalue weighted by Crippen LogP contribution is 2.39. The van der Waals surface area contributed by atoms with Crippen molar-refractivity contribution in [2.24, 2.45) is 11.3 Å². The van der Waals surface area contributed by atoms with Gasteiger partial charge >= 0.3 is 0 Å². The molecule has 0 radical (unpaired) electrons. The van der Waals surface area contributed by atoms with Gasteiger partial charge in [-0.15, -0.1) is 0 Å². The molecule has 2 aliphatic rings. The van der Waals surface area contributed by atoms with Crippen molar-refractivity contribution in [3.05, 3.63) is 0 Å². The lowest BCUT2D eigenvalue weighted by atomic mass is 9.85. The van der Waals surface area contributed by atoms with E-state index in [9.17, 15) is 4.79 Å². The van der Waals surface area contributed by atoms with Crippen LogP contribution in [0.2, 0.25) is 0 Å². The van der Waals surface area contributed by atoms with Crippen molar-refractivity contribution in [3.63, 3.8) is 0 Å². The lowest BCUT2D eigenvalue weighted by molar-refractivity contribution is -0.143. The second-order valence-electron chi connectivity index (χ2n) is 6.45. The van der Waals surface area contributed by atoms with Crippen LogP contribution in [-0.4, -0.2) is 36.5 Å². The fourth-order valence-electron chi connectivity index (χ4n) is 3.65. The van der Waals surface area contributed by atoms with Crippen LogP contribution < -0.4 is 5.32 Å². The molecule has 104 valence electrons. The third-order valence-electron chi connectivity index (χ3n) is 4.88. The van der Waals surface area contributed by atoms with Crippen LogP contribution in [0.15, 0.2) is 0 Å². The number of rotatable bonds is 3. The summed E-state index contributed by atoms with van der Waals surface area (Å²) < 4.78 is 0. The topological polar surface area (TPSA) is 32.3 Å². The van der Waals surface area contributed by atoms with E-state index in [0.29, 0.717) is 17.9 Å². The van der Waals surface area contributed by atoms with E-state index >= 15 is 0 Å². The molecule has 2 unspecified atom stereocenters. The van der Waals surface area contributed by atoms with Gasteiger partial charge in [-0.2, -0.15) is 0 Å². The van der Waals surface area contributed by atoms with Crippen molar-refractivity contribution in [1.82, 2.24) is 10.2 Å². The second kappa shape index (κ2) is 5.60. The van der Waals surface area contributed by atoms with Crippen LogP contribution in [0.5, 0.6) is 0 Å². The standard InChI is InChI=1S/C15H28N2O/c1-4-16-13-7-10-17(11-12(13)2)14(18)15(3)8-5-6-9-15/h12-13,16H,4-11H2,1-3H3. The Morgan fingerprint density at radius 1 is 1.39 bits per heavy atom. The summed E-state index contributed by atoms with van der Waals surface area (Å²) in [5, 5.41) is 3.53. The number of amides is 1. The van der Waals surface area contributed by atoms with Gasteiger partial charge in [0.2, 0.25) is 5.91 Å². The highest BCUT2D eigenvalue weighted by Gasteiger charge is 2.40. The van der Waals surface area contributed by atoms with E-state index in [4.69, 9.17) is 0 Å². The predicted octanol–water partition coefficient (Wildman–Crippen LogP) is 2.41. The van der Waals surface area contributed by atoms with Crippen LogP contribution in [0.25, 0.3) is 0 Å². The van der Waals surface area contributed by atoms with E-state index in [1.165, 1.54) is 12.8 Å². The molecule has 0 bridgehead atoms. The SMILES string of the molecule is CCNC1CCN(C(=O)C2(C)CCCC2)CC1C. The Bertz CT molecular complexity index is 297. The molecule has 1 heterocycles. The summed E-state index contributed by atoms with van der Waals surface area (Å²) >= 11 is 0. The summed E-state index contributed by atoms with van der Waals surface area (Å²) in [5.41, 5.74) is -0.0509. The lowest BCUT2D eigenvalue weighted by Gasteiger charge is -2.40. The van der Waals surface area contributed by atoms with Gasteiger partial charge in [0.15, 0.2) is 0 Å². The summed E-state index contributed by atoms with van der Waals surface area (Å²) in [6.07, 6.45) is 5.74. The minimum atomic E-state index is -0.0509. The molecule has 1 saturated carbocycles. The molecule has 2 rings (SSSR count). The third-order valence-corrected chi connectivity index (χ3v) is 4.88. The van der Waals surface area contributed by atoms with Crippen LogP contribution >= 0.6 is 0 Å². The second-order valence-corrected chi connectivity index (χ2v) is 6.45. The van der Waals surface area contributed by atoms with Gasteiger partial charge in [-0.05, 0) is 31.7 Å². The average molecular weight is 252 g/mol. The predicted molar refractivity (Wildman–Crippen MR) is 74.4 cm³/mol. The Labute approximate surface area is 111 Å². The summed E-state index contributed by atoms with van der Waals surface area (Å²) in [6.45, 7) is 9.50. The fourth-order valence-corrected chi connectivity index (χ4v) is 3.65. The zero-order valence-electron chi connectivity index (χ0n) is 12.2. The first-order valence-electron chi connectivity index (χ1n) is 7.59. The Hall–Kier alpha value is -0.570. The smallest absolute Gasteiger partial charge is 0.228 e. The molecule has 3 nitrogen and oxygen atoms in total. The summed E-state index contributed by atoms with van der Waals surface area (Å²) in [6, 6.07) is 0.593. The first-order valence-corrected chi connectivity index (χ1v) is 7.59. The molecule has 1 amide bonds. The molecule has 2 fully saturated rings. The minimum Gasteiger partial charge on any atom is -0.342 e. The van der Waals surface area contributed by atoms with E-state index in [1.54, 1.807) is 0 Å². The number of likely N-dealkylation sites (tertiary alicyclic amines) is 1. The monoisotopic (exact) mass is 252 g/mol. The van der Waals surface area contributed by atoms with E-state index in [0.717, 1.165) is 38.9 Å². The average Bonchev–Trinajstić information content (AvgIpc) is 2.79. The van der Waals surface area contributed by atoms with Crippen molar-refractivity contribution in [2.45, 2.75) is 58.9 Å². The molecule has 2 atom stereocenters. The van der Waals surface area contributed by atoms with E-state index in [1.807, 2.05) is 0 Å². The number of hydrogen-bond acceptors (Lipinski definition) is 2. The largest absolute Gasteiger partial charge is 0.342 e. The number of nitrogens with zero attached hydrogens (tertiary/aromatic N) is 1. The number of carbonyl (C=O) groups excluding carboxylic acids is 1. The van der Waals surface area contributed by atoms with Crippen LogP contribution in [-0.2, 0) is 4.79 Å². The number of hydrogen-bond donors (Lipinski definition) is 1. The number of piperidine rings is 1. The van der Waals surface area contributed by atoms with Gasteiger partial charge < -0.3 is 10.2 Å². The highest BCUT2D eigenvalue weighted by atomic mass is 16.2. The molecule has 3 heteroatoms. The summed E-state index contributed by atoms with van der Waals surface area (Å²) in [5.74, 6) is 0.995. The number of carbonyl (C=O) groups is 1. The van der Waals surface area contributed by atoms with Gasteiger partial charge in [0.1, 0.15) is 0 Å². The first-order chi connectivity index (χ1) is 8.57. The van der Waals surface area contributed by atoms with Crippen molar-refractivity contribution in [2.75, 3.05) is 19.6 Å². The molecule has 0 aromatic heterocycles. The molecule has 0 aromatic rings. The van der Waals surface area contributed by atoms with Crippen molar-refractivity contribution < 1.29 is 4.79 Å². The van der Waals surface area contributed by atoms with Gasteiger partial charge in [-0.25, -0.2) is 0 Å². The van der Waals surface area contributed by atoms with E-state index in [-0.39, 0.29) is 5.41 Å². The first kappa shape index (κ1) is 13.9. The zero-order valence-corrected chi connectivity index (χ0v) is 12.2. The zero-order chi connectivity index (χ0) is 13.2. The summed E-state index contributed by atoms with van der Waals surface area (Å²) in [7, 11) is 0. The third kappa shape index (κ3) is 2.71.